The number of benzene rings is 2. The first-order valence-electron chi connectivity index (χ1n) is 12.1. The second-order valence-electron chi connectivity index (χ2n) is 9.43. The summed E-state index contributed by atoms with van der Waals surface area (Å²) in [6, 6.07) is 15.1. The molecule has 5 rings (SSSR count). The van der Waals surface area contributed by atoms with Crippen LogP contribution in [0.4, 0.5) is 0 Å². The van der Waals surface area contributed by atoms with Crippen molar-refractivity contribution in [1.29, 1.82) is 0 Å². The predicted octanol–water partition coefficient (Wildman–Crippen LogP) is 3.44. The lowest BCUT2D eigenvalue weighted by Crippen LogP contribution is -2.60. The largest absolute Gasteiger partial charge is 0.496 e. The van der Waals surface area contributed by atoms with Crippen LogP contribution in [0, 0.1) is 0 Å². The molecule has 0 amide bonds. The molecule has 2 aromatic carbocycles. The third kappa shape index (κ3) is 5.08. The summed E-state index contributed by atoms with van der Waals surface area (Å²) in [6.07, 6.45) is 6.87. The fraction of sp³-hybridized carbons (Fsp3) is 0.519. The molecule has 2 N–H and O–H groups in total. The molecule has 2 aliphatic heterocycles. The fourth-order valence-corrected chi connectivity index (χ4v) is 5.87. The van der Waals surface area contributed by atoms with Gasteiger partial charge in [-0.1, -0.05) is 36.4 Å². The molecule has 0 aromatic heterocycles. The maximum atomic E-state index is 11.9. The van der Waals surface area contributed by atoms with E-state index in [4.69, 9.17) is 14.6 Å². The summed E-state index contributed by atoms with van der Waals surface area (Å²) in [5.41, 5.74) is 4.55. The maximum Gasteiger partial charge on any atom is 0.290 e. The van der Waals surface area contributed by atoms with Crippen LogP contribution in [0.2, 0.25) is 0 Å². The van der Waals surface area contributed by atoms with Gasteiger partial charge in [0.25, 0.3) is 6.47 Å². The minimum atomic E-state index is -0.774. The van der Waals surface area contributed by atoms with Crippen LogP contribution < -0.4 is 4.74 Å². The van der Waals surface area contributed by atoms with Gasteiger partial charge < -0.3 is 14.9 Å². The van der Waals surface area contributed by atoms with Crippen LogP contribution in [-0.4, -0.2) is 65.8 Å². The van der Waals surface area contributed by atoms with Crippen LogP contribution in [0.5, 0.6) is 5.75 Å². The Hall–Kier alpha value is -2.41. The monoisotopic (exact) mass is 452 g/mol. The van der Waals surface area contributed by atoms with E-state index in [1.165, 1.54) is 48.8 Å². The highest BCUT2D eigenvalue weighted by molar-refractivity contribution is 5.45. The Morgan fingerprint density at radius 3 is 2.39 bits per heavy atom. The number of hydrogen-bond acceptors (Lipinski definition) is 5. The molecule has 6 nitrogen and oxygen atoms in total. The molecule has 1 aliphatic carbocycles. The van der Waals surface area contributed by atoms with Gasteiger partial charge in [0.05, 0.1) is 13.2 Å². The van der Waals surface area contributed by atoms with E-state index in [0.29, 0.717) is 0 Å². The fourth-order valence-electron chi connectivity index (χ4n) is 5.87. The first-order chi connectivity index (χ1) is 16.1. The highest BCUT2D eigenvalue weighted by Crippen LogP contribution is 2.38. The molecule has 33 heavy (non-hydrogen) atoms. The molecule has 0 bridgehead atoms. The van der Waals surface area contributed by atoms with Gasteiger partial charge in [-0.2, -0.15) is 0 Å². The van der Waals surface area contributed by atoms with Crippen LogP contribution in [0.3, 0.4) is 0 Å². The molecule has 2 fully saturated rings. The van der Waals surface area contributed by atoms with Gasteiger partial charge in [0.2, 0.25) is 0 Å². The van der Waals surface area contributed by atoms with Crippen molar-refractivity contribution in [2.24, 2.45) is 0 Å². The Balaban J connectivity index is 0.000000821. The van der Waals surface area contributed by atoms with Crippen molar-refractivity contribution >= 4 is 6.47 Å². The number of ether oxygens (including phenoxy) is 1. The summed E-state index contributed by atoms with van der Waals surface area (Å²) < 4.78 is 5.76. The molecule has 178 valence electrons. The summed E-state index contributed by atoms with van der Waals surface area (Å²) in [5, 5.41) is 18.8. The van der Waals surface area contributed by atoms with E-state index in [1.54, 1.807) is 7.11 Å². The number of carbonyl (C=O) groups is 1. The lowest BCUT2D eigenvalue weighted by molar-refractivity contribution is -0.122. The number of methoxy groups -OCH3 is 1. The van der Waals surface area contributed by atoms with Crippen molar-refractivity contribution in [3.8, 4) is 5.75 Å². The minimum absolute atomic E-state index is 0.136. The number of aryl methyl sites for hydroxylation is 2. The van der Waals surface area contributed by atoms with Crippen molar-refractivity contribution in [1.82, 2.24) is 9.80 Å². The summed E-state index contributed by atoms with van der Waals surface area (Å²) in [6.45, 7) is 4.62. The summed E-state index contributed by atoms with van der Waals surface area (Å²) >= 11 is 0. The van der Waals surface area contributed by atoms with E-state index < -0.39 is 5.60 Å². The van der Waals surface area contributed by atoms with Crippen molar-refractivity contribution in [2.45, 2.75) is 56.7 Å². The third-order valence-corrected chi connectivity index (χ3v) is 7.54. The molecule has 2 saturated heterocycles. The second-order valence-corrected chi connectivity index (χ2v) is 9.43. The van der Waals surface area contributed by atoms with Gasteiger partial charge in [0, 0.05) is 25.2 Å². The molecule has 2 atom stereocenters. The topological polar surface area (TPSA) is 73.2 Å². The van der Waals surface area contributed by atoms with E-state index in [0.717, 1.165) is 50.5 Å². The molecule has 0 unspecified atom stereocenters. The van der Waals surface area contributed by atoms with Gasteiger partial charge in [-0.25, -0.2) is 0 Å². The highest BCUT2D eigenvalue weighted by atomic mass is 16.5. The number of fused-ring (bicyclic) bond motifs is 1. The Morgan fingerprint density at radius 2 is 1.73 bits per heavy atom. The van der Waals surface area contributed by atoms with Crippen LogP contribution >= 0.6 is 0 Å². The standard InChI is InChI=1S/C26H34N2O2.CH2O2/c1-30-24-17-21-9-7-8-20(21)16-22(24)18-27-15-12-26(29,23-10-3-2-4-11-23)25(19-27)28-13-5-6-14-28;2-1-3/h2-4,10-11,16-17,25,29H,5-9,12-15,18-19H2,1H3;1H,(H,2,3)/t25-,26+;/m1./s1. The van der Waals surface area contributed by atoms with E-state index in [1.807, 2.05) is 6.07 Å². The summed E-state index contributed by atoms with van der Waals surface area (Å²) in [5.74, 6) is 1.03. The first kappa shape index (κ1) is 23.7. The molecule has 6 heteroatoms. The van der Waals surface area contributed by atoms with Crippen molar-refractivity contribution < 1.29 is 19.7 Å². The Bertz CT molecular complexity index is 929. The zero-order valence-electron chi connectivity index (χ0n) is 19.6. The second kappa shape index (κ2) is 10.7. The maximum absolute atomic E-state index is 11.9. The lowest BCUT2D eigenvalue weighted by atomic mass is 9.79. The average Bonchev–Trinajstić information content (AvgIpc) is 3.53. The number of rotatable bonds is 5. The van der Waals surface area contributed by atoms with Gasteiger partial charge in [0.1, 0.15) is 11.4 Å². The molecule has 0 radical (unpaired) electrons. The quantitative estimate of drug-likeness (QED) is 0.677. The van der Waals surface area contributed by atoms with Gasteiger partial charge in [-0.05, 0) is 74.4 Å². The number of nitrogens with zero attached hydrogens (tertiary/aromatic N) is 2. The average molecular weight is 453 g/mol. The zero-order valence-corrected chi connectivity index (χ0v) is 19.6. The Morgan fingerprint density at radius 1 is 1.06 bits per heavy atom. The number of aliphatic hydroxyl groups is 1. The molecular weight excluding hydrogens is 416 g/mol. The highest BCUT2D eigenvalue weighted by Gasteiger charge is 2.46. The zero-order chi connectivity index (χ0) is 23.3. The molecule has 2 aromatic rings. The van der Waals surface area contributed by atoms with E-state index in [2.05, 4.69) is 46.2 Å². The summed E-state index contributed by atoms with van der Waals surface area (Å²) in [4.78, 5) is 13.4. The minimum Gasteiger partial charge on any atom is -0.496 e. The van der Waals surface area contributed by atoms with Crippen LogP contribution in [0.25, 0.3) is 0 Å². The SMILES string of the molecule is COc1cc2c(cc1CN1CC[C@](O)(c3ccccc3)[C@H](N3CCCC3)C1)CCC2.O=CO. The number of carboxylic acid groups (broad SMARTS) is 1. The number of piperidine rings is 1. The van der Waals surface area contributed by atoms with Crippen molar-refractivity contribution in [3.63, 3.8) is 0 Å². The normalized spacial score (nSPS) is 25.2. The van der Waals surface area contributed by atoms with E-state index in [9.17, 15) is 5.11 Å². The number of hydrogen-bond donors (Lipinski definition) is 2. The van der Waals surface area contributed by atoms with Gasteiger partial charge in [0.15, 0.2) is 0 Å². The molecule has 0 spiro atoms. The predicted molar refractivity (Wildman–Crippen MR) is 129 cm³/mol. The van der Waals surface area contributed by atoms with Crippen molar-refractivity contribution in [3.05, 3.63) is 64.7 Å². The van der Waals surface area contributed by atoms with Gasteiger partial charge in [-0.3, -0.25) is 14.6 Å². The lowest BCUT2D eigenvalue weighted by Gasteiger charge is -2.48. The third-order valence-electron chi connectivity index (χ3n) is 7.54. The van der Waals surface area contributed by atoms with Gasteiger partial charge >= 0.3 is 0 Å². The first-order valence-corrected chi connectivity index (χ1v) is 12.1. The van der Waals surface area contributed by atoms with Crippen LogP contribution in [0.1, 0.15) is 47.9 Å². The molecule has 2 heterocycles. The Kier molecular flexibility index (Phi) is 7.68. The molecule has 0 saturated carbocycles. The van der Waals surface area contributed by atoms with Gasteiger partial charge in [-0.15, -0.1) is 0 Å². The smallest absolute Gasteiger partial charge is 0.290 e. The van der Waals surface area contributed by atoms with Crippen LogP contribution in [0.15, 0.2) is 42.5 Å². The van der Waals surface area contributed by atoms with Crippen LogP contribution in [-0.2, 0) is 29.8 Å². The number of likely N-dealkylation sites (tertiary alicyclic amines) is 2. The van der Waals surface area contributed by atoms with Crippen molar-refractivity contribution in [2.75, 3.05) is 33.3 Å². The summed E-state index contributed by atoms with van der Waals surface area (Å²) in [7, 11) is 1.79. The molecule has 3 aliphatic rings. The van der Waals surface area contributed by atoms with E-state index >= 15 is 0 Å². The Labute approximate surface area is 196 Å². The molecular formula is C27H36N2O4. The van der Waals surface area contributed by atoms with E-state index in [-0.39, 0.29) is 12.5 Å².